The molecule has 0 bridgehead atoms. The number of nitrogens with two attached hydrogens (primary N) is 1. The van der Waals surface area contributed by atoms with E-state index in [0.29, 0.717) is 21.7 Å². The summed E-state index contributed by atoms with van der Waals surface area (Å²) in [6.45, 7) is 0. The van der Waals surface area contributed by atoms with Gasteiger partial charge in [-0.3, -0.25) is 0 Å². The Morgan fingerprint density at radius 2 is 1.92 bits per heavy atom. The predicted molar refractivity (Wildman–Crippen MR) is 107 cm³/mol. The Kier molecular flexibility index (Phi) is 5.48. The number of nitrogens with one attached hydrogen (secondary N) is 2. The first kappa shape index (κ1) is 18.0. The van der Waals surface area contributed by atoms with E-state index in [1.165, 1.54) is 29.1 Å². The van der Waals surface area contributed by atoms with Crippen molar-refractivity contribution in [3.8, 4) is 0 Å². The van der Waals surface area contributed by atoms with Crippen molar-refractivity contribution in [1.82, 2.24) is 5.32 Å². The van der Waals surface area contributed by atoms with Crippen LogP contribution in [0.1, 0.15) is 47.1 Å². The zero-order valence-electron chi connectivity index (χ0n) is 14.0. The van der Waals surface area contributed by atoms with Gasteiger partial charge in [0.2, 0.25) is 0 Å². The predicted octanol–water partition coefficient (Wildman–Crippen LogP) is 5.13. The summed E-state index contributed by atoms with van der Waals surface area (Å²) < 4.78 is 0. The monoisotopic (exact) mass is 373 g/mol. The number of allylic oxidation sites excluding steroid dienone is 1. The molecule has 2 aromatic rings. The van der Waals surface area contributed by atoms with E-state index in [0.717, 1.165) is 18.4 Å². The van der Waals surface area contributed by atoms with Crippen molar-refractivity contribution in [2.75, 3.05) is 7.05 Å². The van der Waals surface area contributed by atoms with Crippen LogP contribution in [0.3, 0.4) is 0 Å². The first-order valence-electron chi connectivity index (χ1n) is 8.27. The fourth-order valence-electron chi connectivity index (χ4n) is 3.62. The summed E-state index contributed by atoms with van der Waals surface area (Å²) in [6, 6.07) is 12.5. The molecule has 3 nitrogen and oxygen atoms in total. The van der Waals surface area contributed by atoms with Crippen molar-refractivity contribution >= 4 is 35.0 Å². The summed E-state index contributed by atoms with van der Waals surface area (Å²) in [5, 5.41) is 12.1. The Morgan fingerprint density at radius 3 is 2.56 bits per heavy atom. The van der Waals surface area contributed by atoms with Crippen LogP contribution in [0.25, 0.3) is 5.57 Å². The SMILES string of the molecule is CNC1CCC(c2ccc(Cl)c(Cl)c2)c2ccc(/C(C=N)=C/N)cc21. The lowest BCUT2D eigenvalue weighted by molar-refractivity contribution is 0.470. The van der Waals surface area contributed by atoms with Gasteiger partial charge in [0.15, 0.2) is 0 Å². The molecule has 25 heavy (non-hydrogen) atoms. The Labute approximate surface area is 158 Å². The second-order valence-corrected chi connectivity index (χ2v) is 7.07. The van der Waals surface area contributed by atoms with Crippen molar-refractivity contribution in [1.29, 1.82) is 5.41 Å². The maximum atomic E-state index is 7.53. The van der Waals surface area contributed by atoms with Crippen LogP contribution in [0.15, 0.2) is 42.6 Å². The summed E-state index contributed by atoms with van der Waals surface area (Å²) in [4.78, 5) is 0. The average Bonchev–Trinajstić information content (AvgIpc) is 2.64. The number of fused-ring (bicyclic) bond motifs is 1. The van der Waals surface area contributed by atoms with E-state index < -0.39 is 0 Å². The van der Waals surface area contributed by atoms with Crippen LogP contribution >= 0.6 is 23.2 Å². The highest BCUT2D eigenvalue weighted by molar-refractivity contribution is 6.42. The maximum Gasteiger partial charge on any atom is 0.0595 e. The van der Waals surface area contributed by atoms with Gasteiger partial charge in [-0.1, -0.05) is 41.4 Å². The number of benzene rings is 2. The number of hydrogen-bond acceptors (Lipinski definition) is 3. The van der Waals surface area contributed by atoms with Gasteiger partial charge in [-0.25, -0.2) is 0 Å². The summed E-state index contributed by atoms with van der Waals surface area (Å²) in [5.74, 6) is 0.286. The van der Waals surface area contributed by atoms with Gasteiger partial charge in [0.1, 0.15) is 0 Å². The highest BCUT2D eigenvalue weighted by Gasteiger charge is 2.28. The lowest BCUT2D eigenvalue weighted by Gasteiger charge is -2.32. The number of halogens is 2. The third kappa shape index (κ3) is 3.45. The molecule has 0 radical (unpaired) electrons. The molecular formula is C20H21Cl2N3. The van der Waals surface area contributed by atoms with E-state index in [4.69, 9.17) is 34.3 Å². The molecule has 1 aliphatic carbocycles. The van der Waals surface area contributed by atoms with E-state index in [9.17, 15) is 0 Å². The lowest BCUT2D eigenvalue weighted by atomic mass is 9.76. The second kappa shape index (κ2) is 7.61. The van der Waals surface area contributed by atoms with Gasteiger partial charge in [-0.2, -0.15) is 0 Å². The molecule has 0 saturated heterocycles. The van der Waals surface area contributed by atoms with E-state index >= 15 is 0 Å². The first-order chi connectivity index (χ1) is 12.1. The van der Waals surface area contributed by atoms with Crippen molar-refractivity contribution in [2.45, 2.75) is 24.8 Å². The molecule has 2 atom stereocenters. The van der Waals surface area contributed by atoms with Gasteiger partial charge in [-0.05, 0) is 60.3 Å². The Morgan fingerprint density at radius 1 is 1.12 bits per heavy atom. The highest BCUT2D eigenvalue weighted by Crippen LogP contribution is 2.43. The molecular weight excluding hydrogens is 353 g/mol. The molecule has 0 aliphatic heterocycles. The Balaban J connectivity index is 2.09. The van der Waals surface area contributed by atoms with Crippen LogP contribution < -0.4 is 11.1 Å². The van der Waals surface area contributed by atoms with Gasteiger partial charge in [0.25, 0.3) is 0 Å². The Hall–Kier alpha value is -1.81. The smallest absolute Gasteiger partial charge is 0.0595 e. The summed E-state index contributed by atoms with van der Waals surface area (Å²) >= 11 is 12.3. The third-order valence-corrected chi connectivity index (χ3v) is 5.68. The second-order valence-electron chi connectivity index (χ2n) is 6.25. The quantitative estimate of drug-likeness (QED) is 0.650. The fraction of sp³-hybridized carbons (Fsp3) is 0.250. The standard InChI is InChI=1S/C20H21Cl2N3/c1-25-20-7-5-15(13-3-6-18(21)19(22)9-13)16-4-2-12(8-17(16)20)14(10-23)11-24/h2-4,6,8-11,15,20,23,25H,5,7,24H2,1H3/b14-11+,23-10?. The minimum atomic E-state index is 0.286. The maximum absolute atomic E-state index is 7.53. The minimum Gasteiger partial charge on any atom is -0.404 e. The lowest BCUT2D eigenvalue weighted by Crippen LogP contribution is -2.24. The molecule has 3 rings (SSSR count). The third-order valence-electron chi connectivity index (χ3n) is 4.94. The number of rotatable bonds is 4. The van der Waals surface area contributed by atoms with Gasteiger partial charge in [0, 0.05) is 29.9 Å². The molecule has 0 saturated carbocycles. The van der Waals surface area contributed by atoms with Gasteiger partial charge < -0.3 is 16.5 Å². The van der Waals surface area contributed by atoms with Gasteiger partial charge in [-0.15, -0.1) is 0 Å². The topological polar surface area (TPSA) is 61.9 Å². The zero-order chi connectivity index (χ0) is 18.0. The minimum absolute atomic E-state index is 0.286. The summed E-state index contributed by atoms with van der Waals surface area (Å²) in [6.07, 6.45) is 4.84. The first-order valence-corrected chi connectivity index (χ1v) is 9.03. The largest absolute Gasteiger partial charge is 0.404 e. The van der Waals surface area contributed by atoms with Crippen molar-refractivity contribution in [2.24, 2.45) is 5.73 Å². The van der Waals surface area contributed by atoms with Gasteiger partial charge in [0.05, 0.1) is 10.0 Å². The molecule has 2 unspecified atom stereocenters. The number of hydrogen-bond donors (Lipinski definition) is 3. The highest BCUT2D eigenvalue weighted by atomic mass is 35.5. The van der Waals surface area contributed by atoms with Crippen LogP contribution in [-0.4, -0.2) is 13.3 Å². The van der Waals surface area contributed by atoms with Crippen molar-refractivity contribution in [3.63, 3.8) is 0 Å². The van der Waals surface area contributed by atoms with Crippen molar-refractivity contribution < 1.29 is 0 Å². The molecule has 4 N–H and O–H groups in total. The van der Waals surface area contributed by atoms with E-state index in [1.54, 1.807) is 0 Å². The molecule has 130 valence electrons. The molecule has 1 aliphatic rings. The summed E-state index contributed by atoms with van der Waals surface area (Å²) in [7, 11) is 1.98. The van der Waals surface area contributed by atoms with Crippen LogP contribution in [0.4, 0.5) is 0 Å². The molecule has 5 heteroatoms. The fourth-order valence-corrected chi connectivity index (χ4v) is 3.93. The van der Waals surface area contributed by atoms with Crippen LogP contribution in [0, 0.1) is 5.41 Å². The molecule has 0 heterocycles. The summed E-state index contributed by atoms with van der Waals surface area (Å²) in [5.41, 5.74) is 11.1. The van der Waals surface area contributed by atoms with Gasteiger partial charge >= 0.3 is 0 Å². The Bertz CT molecular complexity index is 830. The molecule has 0 fully saturated rings. The van der Waals surface area contributed by atoms with E-state index in [1.807, 2.05) is 25.2 Å². The molecule has 0 amide bonds. The van der Waals surface area contributed by atoms with Crippen LogP contribution in [0.5, 0.6) is 0 Å². The van der Waals surface area contributed by atoms with Crippen LogP contribution in [-0.2, 0) is 0 Å². The molecule has 0 spiro atoms. The van der Waals surface area contributed by atoms with Crippen molar-refractivity contribution in [3.05, 3.63) is 74.9 Å². The van der Waals surface area contributed by atoms with E-state index in [2.05, 4.69) is 23.5 Å². The molecule has 0 aromatic heterocycles. The normalized spacial score (nSPS) is 20.2. The van der Waals surface area contributed by atoms with E-state index in [-0.39, 0.29) is 5.92 Å². The average molecular weight is 374 g/mol. The van der Waals surface area contributed by atoms with Crippen LogP contribution in [0.2, 0.25) is 10.0 Å². The molecule has 2 aromatic carbocycles. The zero-order valence-corrected chi connectivity index (χ0v) is 15.5.